The quantitative estimate of drug-likeness (QED) is 0.203. The van der Waals surface area contributed by atoms with E-state index in [1.165, 1.54) is 41.5 Å². The molecule has 2 aromatic rings. The standard InChI is InChI=1S/C18H20O4.C8H14O4.C6H8O4/c1-7-9(3)13-10(4)8(2)12(6)15(18(21)22)16(13)14(11(7)5)17(19)20;1-7(2,5(9)10)8(3,4)6(11)12;1-3(5(7)8)4(2)6(9)10/h1-6H3,(H,19,20)(H,21,22);1-4H3,(H,9,10)(H,11,12);1-2H3,(H,7,8)(H,9,10)/b;;4-3-. The summed E-state index contributed by atoms with van der Waals surface area (Å²) in [5.74, 6) is -6.77. The van der Waals surface area contributed by atoms with Gasteiger partial charge in [-0.25, -0.2) is 19.2 Å². The Morgan fingerprint density at radius 3 is 0.864 bits per heavy atom. The van der Waals surface area contributed by atoms with Gasteiger partial charge in [-0.3, -0.25) is 9.59 Å². The van der Waals surface area contributed by atoms with Crippen molar-refractivity contribution in [2.45, 2.75) is 83.1 Å². The highest BCUT2D eigenvalue weighted by Gasteiger charge is 2.48. The van der Waals surface area contributed by atoms with Gasteiger partial charge in [0.25, 0.3) is 0 Å². The molecule has 0 fully saturated rings. The SMILES string of the molecule is C/C(C(=O)O)=C(\C)C(=O)O.CC(C)(C(=O)O)C(C)(C)C(=O)O.Cc1c(C)c(C(=O)O)c2c(C(=O)O)c(C)c(C)c(C)c2c1C. The van der Waals surface area contributed by atoms with Gasteiger partial charge in [0.1, 0.15) is 0 Å². The number of carbonyl (C=O) groups is 6. The summed E-state index contributed by atoms with van der Waals surface area (Å²) in [6.45, 7) is 19.2. The van der Waals surface area contributed by atoms with Gasteiger partial charge in [0.05, 0.1) is 22.0 Å². The van der Waals surface area contributed by atoms with Crippen molar-refractivity contribution in [3.8, 4) is 0 Å². The molecule has 12 heteroatoms. The van der Waals surface area contributed by atoms with Crippen LogP contribution in [0.15, 0.2) is 11.1 Å². The van der Waals surface area contributed by atoms with Crippen LogP contribution in [-0.4, -0.2) is 66.5 Å². The van der Waals surface area contributed by atoms with E-state index in [1.54, 1.807) is 13.8 Å². The Labute approximate surface area is 255 Å². The molecule has 0 unspecified atom stereocenters. The van der Waals surface area contributed by atoms with E-state index < -0.39 is 46.6 Å². The molecule has 0 saturated carbocycles. The number of hydrogen-bond donors (Lipinski definition) is 6. The molecule has 0 aliphatic rings. The number of fused-ring (bicyclic) bond motifs is 1. The predicted molar refractivity (Wildman–Crippen MR) is 163 cm³/mol. The van der Waals surface area contributed by atoms with Crippen LogP contribution in [0.25, 0.3) is 10.8 Å². The third-order valence-electron chi connectivity index (χ3n) is 8.76. The largest absolute Gasteiger partial charge is 0.481 e. The van der Waals surface area contributed by atoms with Crippen LogP contribution in [0.4, 0.5) is 0 Å². The van der Waals surface area contributed by atoms with E-state index in [1.807, 2.05) is 27.7 Å². The topological polar surface area (TPSA) is 224 Å². The third kappa shape index (κ3) is 7.61. The Bertz CT molecular complexity index is 1470. The van der Waals surface area contributed by atoms with E-state index in [4.69, 9.17) is 20.4 Å². The van der Waals surface area contributed by atoms with Gasteiger partial charge >= 0.3 is 35.8 Å². The second-order valence-corrected chi connectivity index (χ2v) is 11.6. The molecule has 0 aromatic heterocycles. The molecule has 0 amide bonds. The molecule has 0 aliphatic heterocycles. The van der Waals surface area contributed by atoms with Crippen LogP contribution in [-0.2, 0) is 19.2 Å². The van der Waals surface area contributed by atoms with E-state index in [-0.39, 0.29) is 22.3 Å². The molecule has 2 rings (SSSR count). The fourth-order valence-electron chi connectivity index (χ4n) is 4.11. The summed E-state index contributed by atoms with van der Waals surface area (Å²) in [4.78, 5) is 65.2. The molecule has 0 atom stereocenters. The van der Waals surface area contributed by atoms with Crippen LogP contribution in [0.5, 0.6) is 0 Å². The molecule has 6 N–H and O–H groups in total. The average Bonchev–Trinajstić information content (AvgIpc) is 2.89. The average molecular weight is 619 g/mol. The van der Waals surface area contributed by atoms with E-state index in [0.29, 0.717) is 16.5 Å². The monoisotopic (exact) mass is 618 g/mol. The third-order valence-corrected chi connectivity index (χ3v) is 8.76. The number of aryl methyl sites for hydroxylation is 2. The number of carboxylic acids is 6. The summed E-state index contributed by atoms with van der Waals surface area (Å²) in [6.07, 6.45) is 0. The molecule has 0 spiro atoms. The van der Waals surface area contributed by atoms with E-state index >= 15 is 0 Å². The highest BCUT2D eigenvalue weighted by molar-refractivity contribution is 6.16. The summed E-state index contributed by atoms with van der Waals surface area (Å²) in [6, 6.07) is 0. The number of benzene rings is 2. The highest BCUT2D eigenvalue weighted by Crippen LogP contribution is 2.39. The molecule has 0 bridgehead atoms. The van der Waals surface area contributed by atoms with Gasteiger partial charge in [0, 0.05) is 16.5 Å². The van der Waals surface area contributed by atoms with Crippen molar-refractivity contribution in [1.82, 2.24) is 0 Å². The summed E-state index contributed by atoms with van der Waals surface area (Å²) in [7, 11) is 0. The van der Waals surface area contributed by atoms with Crippen molar-refractivity contribution in [3.63, 3.8) is 0 Å². The Hall–Kier alpha value is -4.74. The summed E-state index contributed by atoms with van der Waals surface area (Å²) >= 11 is 0. The number of aliphatic carboxylic acids is 4. The Balaban J connectivity index is 0.000000711. The number of rotatable bonds is 7. The Kier molecular flexibility index (Phi) is 12.6. The lowest BCUT2D eigenvalue weighted by atomic mass is 9.68. The lowest BCUT2D eigenvalue weighted by Crippen LogP contribution is -2.44. The maximum absolute atomic E-state index is 11.8. The summed E-state index contributed by atoms with van der Waals surface area (Å²) in [5.41, 5.74) is 2.34. The van der Waals surface area contributed by atoms with E-state index in [0.717, 1.165) is 27.6 Å². The predicted octanol–water partition coefficient (Wildman–Crippen LogP) is 5.79. The first kappa shape index (κ1) is 39.3. The maximum Gasteiger partial charge on any atom is 0.336 e. The van der Waals surface area contributed by atoms with E-state index in [9.17, 15) is 39.0 Å². The number of carboxylic acid groups (broad SMARTS) is 6. The first-order chi connectivity index (χ1) is 19.7. The first-order valence-electron chi connectivity index (χ1n) is 13.3. The van der Waals surface area contributed by atoms with Crippen molar-refractivity contribution in [2.24, 2.45) is 10.8 Å². The zero-order valence-corrected chi connectivity index (χ0v) is 27.1. The van der Waals surface area contributed by atoms with Crippen LogP contribution in [0.2, 0.25) is 0 Å². The van der Waals surface area contributed by atoms with Crippen LogP contribution < -0.4 is 0 Å². The van der Waals surface area contributed by atoms with Crippen LogP contribution in [0, 0.1) is 52.4 Å². The molecule has 0 heterocycles. The maximum atomic E-state index is 11.8. The normalized spacial score (nSPS) is 11.7. The van der Waals surface area contributed by atoms with Crippen molar-refractivity contribution < 1.29 is 59.4 Å². The van der Waals surface area contributed by atoms with Gasteiger partial charge in [0.15, 0.2) is 0 Å². The molecular formula is C32H42O12. The van der Waals surface area contributed by atoms with Crippen LogP contribution in [0.3, 0.4) is 0 Å². The summed E-state index contributed by atoms with van der Waals surface area (Å²) in [5, 5.41) is 54.5. The van der Waals surface area contributed by atoms with E-state index in [2.05, 4.69) is 0 Å². The second kappa shape index (κ2) is 14.2. The molecule has 0 aliphatic carbocycles. The van der Waals surface area contributed by atoms with Crippen molar-refractivity contribution in [3.05, 3.63) is 55.7 Å². The highest BCUT2D eigenvalue weighted by atomic mass is 16.4. The second-order valence-electron chi connectivity index (χ2n) is 11.6. The Morgan fingerprint density at radius 2 is 0.682 bits per heavy atom. The van der Waals surface area contributed by atoms with Crippen LogP contribution >= 0.6 is 0 Å². The van der Waals surface area contributed by atoms with Crippen molar-refractivity contribution in [2.75, 3.05) is 0 Å². The van der Waals surface area contributed by atoms with Crippen LogP contribution in [0.1, 0.15) is 95.6 Å². The zero-order chi connectivity index (χ0) is 35.4. The molecular weight excluding hydrogens is 576 g/mol. The first-order valence-corrected chi connectivity index (χ1v) is 13.3. The van der Waals surface area contributed by atoms with Crippen molar-refractivity contribution in [1.29, 1.82) is 0 Å². The molecule has 2 aromatic carbocycles. The van der Waals surface area contributed by atoms with Crippen molar-refractivity contribution >= 4 is 46.6 Å². The molecule has 0 saturated heterocycles. The zero-order valence-electron chi connectivity index (χ0n) is 27.1. The fourth-order valence-corrected chi connectivity index (χ4v) is 4.11. The molecule has 12 nitrogen and oxygen atoms in total. The van der Waals surface area contributed by atoms with Gasteiger partial charge in [0.2, 0.25) is 0 Å². The van der Waals surface area contributed by atoms with Gasteiger partial charge < -0.3 is 30.6 Å². The fraction of sp³-hybridized carbons (Fsp3) is 0.438. The van der Waals surface area contributed by atoms with Gasteiger partial charge in [-0.15, -0.1) is 0 Å². The smallest absolute Gasteiger partial charge is 0.336 e. The minimum absolute atomic E-state index is 0.0988. The molecule has 44 heavy (non-hydrogen) atoms. The lowest BCUT2D eigenvalue weighted by molar-refractivity contribution is -0.167. The van der Waals surface area contributed by atoms with Gasteiger partial charge in [-0.2, -0.15) is 0 Å². The minimum Gasteiger partial charge on any atom is -0.481 e. The number of hydrogen-bond acceptors (Lipinski definition) is 6. The molecule has 242 valence electrons. The molecule has 0 radical (unpaired) electrons. The van der Waals surface area contributed by atoms with Gasteiger partial charge in [-0.05, 0) is 122 Å². The summed E-state index contributed by atoms with van der Waals surface area (Å²) < 4.78 is 0. The Morgan fingerprint density at radius 1 is 0.432 bits per heavy atom. The lowest BCUT2D eigenvalue weighted by Gasteiger charge is -2.33. The van der Waals surface area contributed by atoms with Gasteiger partial charge in [-0.1, -0.05) is 0 Å². The number of aromatic carboxylic acids is 2. The minimum atomic E-state index is -1.27.